The monoisotopic (exact) mass is 291 g/mol. The lowest BCUT2D eigenvalue weighted by Gasteiger charge is -2.38. The predicted octanol–water partition coefficient (Wildman–Crippen LogP) is 4.06. The van der Waals surface area contributed by atoms with Crippen LogP contribution in [0.1, 0.15) is 65.6 Å². The van der Waals surface area contributed by atoms with Crippen LogP contribution >= 0.6 is 0 Å². The van der Waals surface area contributed by atoms with Gasteiger partial charge in [0.15, 0.2) is 0 Å². The van der Waals surface area contributed by atoms with Crippen molar-refractivity contribution in [2.24, 2.45) is 17.8 Å². The molecule has 3 heteroatoms. The van der Waals surface area contributed by atoms with Crippen LogP contribution in [0.25, 0.3) is 0 Å². The average molecular weight is 291 g/mol. The summed E-state index contributed by atoms with van der Waals surface area (Å²) in [6, 6.07) is 0.569. The number of imidazole rings is 1. The Bertz CT molecular complexity index is 422. The van der Waals surface area contributed by atoms with Gasteiger partial charge in [0.05, 0.1) is 0 Å². The maximum Gasteiger partial charge on any atom is 0.112 e. The van der Waals surface area contributed by atoms with E-state index in [1.165, 1.54) is 25.1 Å². The largest absolute Gasteiger partial charge is 0.335 e. The van der Waals surface area contributed by atoms with Gasteiger partial charge in [0.2, 0.25) is 0 Å². The fourth-order valence-electron chi connectivity index (χ4n) is 3.74. The summed E-state index contributed by atoms with van der Waals surface area (Å²) in [5.41, 5.74) is 0. The molecule has 0 radical (unpaired) electrons. The first kappa shape index (κ1) is 16.5. The summed E-state index contributed by atoms with van der Waals surface area (Å²) in [4.78, 5) is 4.72. The molecular weight excluding hydrogens is 258 g/mol. The van der Waals surface area contributed by atoms with Crippen molar-refractivity contribution in [2.45, 2.75) is 72.4 Å². The Balaban J connectivity index is 2.15. The predicted molar refractivity (Wildman–Crippen MR) is 89.4 cm³/mol. The van der Waals surface area contributed by atoms with Crippen molar-refractivity contribution in [3.63, 3.8) is 0 Å². The van der Waals surface area contributed by atoms with Gasteiger partial charge in [0.1, 0.15) is 5.82 Å². The van der Waals surface area contributed by atoms with E-state index in [2.05, 4.69) is 50.7 Å². The normalized spacial score (nSPS) is 26.7. The van der Waals surface area contributed by atoms with Crippen LogP contribution in [0.15, 0.2) is 12.4 Å². The molecule has 0 amide bonds. The fourth-order valence-corrected chi connectivity index (χ4v) is 3.74. The van der Waals surface area contributed by atoms with E-state index in [-0.39, 0.29) is 0 Å². The first-order chi connectivity index (χ1) is 10.0. The van der Waals surface area contributed by atoms with Gasteiger partial charge < -0.3 is 9.88 Å². The van der Waals surface area contributed by atoms with Crippen LogP contribution in [-0.4, -0.2) is 22.1 Å². The Hall–Kier alpha value is -0.830. The highest BCUT2D eigenvalue weighted by atomic mass is 15.1. The molecule has 120 valence electrons. The molecule has 2 rings (SSSR count). The topological polar surface area (TPSA) is 29.9 Å². The Morgan fingerprint density at radius 2 is 2.05 bits per heavy atom. The van der Waals surface area contributed by atoms with Crippen LogP contribution in [0.2, 0.25) is 0 Å². The molecule has 0 aromatic carbocycles. The van der Waals surface area contributed by atoms with Gasteiger partial charge in [0, 0.05) is 30.9 Å². The third kappa shape index (κ3) is 4.09. The number of hydrogen-bond donors (Lipinski definition) is 1. The molecule has 1 aliphatic carbocycles. The fraction of sp³-hybridized carbons (Fsp3) is 0.833. The Morgan fingerprint density at radius 1 is 1.29 bits per heavy atom. The Kier molecular flexibility index (Phi) is 5.86. The molecular formula is C18H33N3. The molecule has 21 heavy (non-hydrogen) atoms. The van der Waals surface area contributed by atoms with Crippen molar-refractivity contribution in [1.82, 2.24) is 14.9 Å². The number of nitrogens with zero attached hydrogens (tertiary/aromatic N) is 2. The summed E-state index contributed by atoms with van der Waals surface area (Å²) in [6.07, 6.45) is 8.14. The quantitative estimate of drug-likeness (QED) is 0.856. The van der Waals surface area contributed by atoms with Gasteiger partial charge in [-0.05, 0) is 50.5 Å². The molecule has 3 unspecified atom stereocenters. The van der Waals surface area contributed by atoms with Crippen molar-refractivity contribution in [3.05, 3.63) is 18.2 Å². The minimum Gasteiger partial charge on any atom is -0.335 e. The van der Waals surface area contributed by atoms with E-state index in [0.717, 1.165) is 30.8 Å². The van der Waals surface area contributed by atoms with Crippen molar-refractivity contribution >= 4 is 0 Å². The Labute approximate surface area is 130 Å². The first-order valence-electron chi connectivity index (χ1n) is 8.77. The zero-order chi connectivity index (χ0) is 15.4. The van der Waals surface area contributed by atoms with E-state index in [1.807, 2.05) is 6.20 Å². The van der Waals surface area contributed by atoms with Crippen LogP contribution in [-0.2, 0) is 6.54 Å². The summed E-state index contributed by atoms with van der Waals surface area (Å²) in [6.45, 7) is 13.6. The third-order valence-corrected chi connectivity index (χ3v) is 5.19. The van der Waals surface area contributed by atoms with E-state index >= 15 is 0 Å². The first-order valence-corrected chi connectivity index (χ1v) is 8.77. The van der Waals surface area contributed by atoms with Gasteiger partial charge in [-0.2, -0.15) is 0 Å². The second kappa shape index (κ2) is 7.44. The molecule has 1 fully saturated rings. The number of rotatable bonds is 6. The highest BCUT2D eigenvalue weighted by molar-refractivity contribution is 5.06. The zero-order valence-electron chi connectivity index (χ0n) is 14.5. The smallest absolute Gasteiger partial charge is 0.112 e. The van der Waals surface area contributed by atoms with Gasteiger partial charge >= 0.3 is 0 Å². The maximum atomic E-state index is 4.72. The van der Waals surface area contributed by atoms with Crippen molar-refractivity contribution < 1.29 is 0 Å². The molecule has 1 heterocycles. The molecule has 0 spiro atoms. The standard InChI is InChI=1S/C18H33N3/c1-6-21-10-9-19-18(21)17-11-15(13(2)3)7-8-16(17)12-20-14(4)5/h9-10,13-17,20H,6-8,11-12H2,1-5H3. The van der Waals surface area contributed by atoms with Crippen LogP contribution < -0.4 is 5.32 Å². The molecule has 1 N–H and O–H groups in total. The number of aryl methyl sites for hydroxylation is 1. The second-order valence-corrected chi connectivity index (χ2v) is 7.32. The molecule has 1 aromatic rings. The molecule has 1 aromatic heterocycles. The molecule has 1 aliphatic rings. The highest BCUT2D eigenvalue weighted by Crippen LogP contribution is 2.42. The van der Waals surface area contributed by atoms with Crippen molar-refractivity contribution in [1.29, 1.82) is 0 Å². The zero-order valence-corrected chi connectivity index (χ0v) is 14.5. The third-order valence-electron chi connectivity index (χ3n) is 5.19. The summed E-state index contributed by atoms with van der Waals surface area (Å²) in [7, 11) is 0. The van der Waals surface area contributed by atoms with Crippen molar-refractivity contribution in [3.8, 4) is 0 Å². The van der Waals surface area contributed by atoms with Gasteiger partial charge in [-0.25, -0.2) is 4.98 Å². The molecule has 0 bridgehead atoms. The number of nitrogens with one attached hydrogen (secondary N) is 1. The summed E-state index contributed by atoms with van der Waals surface area (Å²) in [5.74, 6) is 4.31. The Morgan fingerprint density at radius 3 is 2.67 bits per heavy atom. The van der Waals surface area contributed by atoms with Crippen LogP contribution in [0.4, 0.5) is 0 Å². The van der Waals surface area contributed by atoms with E-state index in [1.54, 1.807) is 0 Å². The molecule has 0 saturated heterocycles. The van der Waals surface area contributed by atoms with E-state index in [9.17, 15) is 0 Å². The lowest BCUT2D eigenvalue weighted by molar-refractivity contribution is 0.181. The highest BCUT2D eigenvalue weighted by Gasteiger charge is 2.34. The minimum absolute atomic E-state index is 0.569. The van der Waals surface area contributed by atoms with Crippen LogP contribution in [0.3, 0.4) is 0 Å². The van der Waals surface area contributed by atoms with Gasteiger partial charge in [-0.1, -0.05) is 27.7 Å². The van der Waals surface area contributed by atoms with Crippen LogP contribution in [0.5, 0.6) is 0 Å². The van der Waals surface area contributed by atoms with Crippen molar-refractivity contribution in [2.75, 3.05) is 6.54 Å². The van der Waals surface area contributed by atoms with Gasteiger partial charge in [-0.15, -0.1) is 0 Å². The van der Waals surface area contributed by atoms with Crippen LogP contribution in [0, 0.1) is 17.8 Å². The maximum absolute atomic E-state index is 4.72. The molecule has 0 aliphatic heterocycles. The van der Waals surface area contributed by atoms with Gasteiger partial charge in [0.25, 0.3) is 0 Å². The number of aromatic nitrogens is 2. The minimum atomic E-state index is 0.569. The molecule has 3 nitrogen and oxygen atoms in total. The van der Waals surface area contributed by atoms with Gasteiger partial charge in [-0.3, -0.25) is 0 Å². The average Bonchev–Trinajstić information content (AvgIpc) is 2.93. The molecule has 3 atom stereocenters. The summed E-state index contributed by atoms with van der Waals surface area (Å²) >= 11 is 0. The van der Waals surface area contributed by atoms with E-state index in [0.29, 0.717) is 12.0 Å². The van der Waals surface area contributed by atoms with E-state index in [4.69, 9.17) is 4.98 Å². The van der Waals surface area contributed by atoms with E-state index < -0.39 is 0 Å². The summed E-state index contributed by atoms with van der Waals surface area (Å²) < 4.78 is 2.34. The number of hydrogen-bond acceptors (Lipinski definition) is 2. The lowest BCUT2D eigenvalue weighted by Crippen LogP contribution is -2.36. The lowest BCUT2D eigenvalue weighted by atomic mass is 9.70. The second-order valence-electron chi connectivity index (χ2n) is 7.32. The summed E-state index contributed by atoms with van der Waals surface area (Å²) in [5, 5.41) is 3.65. The SMILES string of the molecule is CCn1ccnc1C1CC(C(C)C)CCC1CNC(C)C. The molecule has 1 saturated carbocycles.